The van der Waals surface area contributed by atoms with Crippen molar-refractivity contribution in [2.24, 2.45) is 0 Å². The Morgan fingerprint density at radius 2 is 1.73 bits per heavy atom. The standard InChI is InChI=1S/C25H24F2N4OS/c1-16-24(33-23(28-16)14-17-5-9-19(26)10-6-17)25(32)31(2)13-3-4-21-15-22(30-29-21)18-7-11-20(27)12-8-18/h5-12,15H,3-4,13-14H2,1-2H3,(H,29,30). The molecule has 2 aromatic heterocycles. The number of rotatable bonds is 8. The molecule has 0 aliphatic heterocycles. The molecule has 0 saturated carbocycles. The minimum atomic E-state index is -0.277. The van der Waals surface area contributed by atoms with Crippen molar-refractivity contribution in [1.82, 2.24) is 20.1 Å². The molecule has 4 rings (SSSR count). The Morgan fingerprint density at radius 3 is 2.42 bits per heavy atom. The van der Waals surface area contributed by atoms with E-state index in [1.807, 2.05) is 13.0 Å². The largest absolute Gasteiger partial charge is 0.341 e. The third-order valence-corrected chi connectivity index (χ3v) is 6.51. The smallest absolute Gasteiger partial charge is 0.265 e. The fourth-order valence-electron chi connectivity index (χ4n) is 3.54. The first-order chi connectivity index (χ1) is 15.9. The Balaban J connectivity index is 1.31. The molecule has 170 valence electrons. The summed E-state index contributed by atoms with van der Waals surface area (Å²) in [4.78, 5) is 19.8. The van der Waals surface area contributed by atoms with Crippen LogP contribution in [0.2, 0.25) is 0 Å². The van der Waals surface area contributed by atoms with E-state index in [-0.39, 0.29) is 17.5 Å². The fourth-order valence-corrected chi connectivity index (χ4v) is 4.64. The second-order valence-electron chi connectivity index (χ2n) is 7.94. The molecule has 0 radical (unpaired) electrons. The van der Waals surface area contributed by atoms with E-state index in [4.69, 9.17) is 0 Å². The lowest BCUT2D eigenvalue weighted by molar-refractivity contribution is 0.0797. The van der Waals surface area contributed by atoms with Crippen molar-refractivity contribution in [2.45, 2.75) is 26.2 Å². The predicted octanol–water partition coefficient (Wildman–Crippen LogP) is 5.42. The molecule has 4 aromatic rings. The van der Waals surface area contributed by atoms with E-state index in [9.17, 15) is 13.6 Å². The van der Waals surface area contributed by atoms with E-state index in [0.717, 1.165) is 40.4 Å². The number of aromatic nitrogens is 3. The number of thiazole rings is 1. The van der Waals surface area contributed by atoms with Crippen molar-refractivity contribution in [3.05, 3.63) is 93.1 Å². The van der Waals surface area contributed by atoms with Gasteiger partial charge in [-0.05, 0) is 67.8 Å². The van der Waals surface area contributed by atoms with Crippen LogP contribution in [0.5, 0.6) is 0 Å². The molecule has 1 amide bonds. The number of aromatic amines is 1. The summed E-state index contributed by atoms with van der Waals surface area (Å²) >= 11 is 1.39. The number of H-pyrrole nitrogens is 1. The number of aryl methyl sites for hydroxylation is 2. The molecule has 8 heteroatoms. The molecule has 0 aliphatic carbocycles. The van der Waals surface area contributed by atoms with Crippen LogP contribution in [0, 0.1) is 18.6 Å². The molecular weight excluding hydrogens is 442 g/mol. The summed E-state index contributed by atoms with van der Waals surface area (Å²) in [6.07, 6.45) is 2.08. The van der Waals surface area contributed by atoms with Crippen LogP contribution in [-0.4, -0.2) is 39.6 Å². The van der Waals surface area contributed by atoms with Gasteiger partial charge in [0.25, 0.3) is 5.91 Å². The number of hydrogen-bond acceptors (Lipinski definition) is 4. The van der Waals surface area contributed by atoms with Crippen LogP contribution in [0.25, 0.3) is 11.3 Å². The summed E-state index contributed by atoms with van der Waals surface area (Å²) < 4.78 is 26.2. The molecule has 0 fully saturated rings. The number of amides is 1. The van der Waals surface area contributed by atoms with Gasteiger partial charge in [-0.25, -0.2) is 13.8 Å². The molecule has 0 saturated heterocycles. The first kappa shape index (κ1) is 22.8. The summed E-state index contributed by atoms with van der Waals surface area (Å²) in [7, 11) is 1.79. The first-order valence-corrected chi connectivity index (χ1v) is 11.5. The van der Waals surface area contributed by atoms with Gasteiger partial charge in [0, 0.05) is 31.3 Å². The average Bonchev–Trinajstić information content (AvgIpc) is 3.42. The summed E-state index contributed by atoms with van der Waals surface area (Å²) in [6, 6.07) is 14.5. The Kier molecular flexibility index (Phi) is 6.93. The van der Waals surface area contributed by atoms with Gasteiger partial charge in [0.15, 0.2) is 0 Å². The number of carbonyl (C=O) groups excluding carboxylic acids is 1. The van der Waals surface area contributed by atoms with Gasteiger partial charge in [-0.15, -0.1) is 11.3 Å². The molecule has 2 aromatic carbocycles. The van der Waals surface area contributed by atoms with Gasteiger partial charge in [0.2, 0.25) is 0 Å². The van der Waals surface area contributed by atoms with Gasteiger partial charge in [-0.3, -0.25) is 9.89 Å². The topological polar surface area (TPSA) is 61.9 Å². The SMILES string of the molecule is Cc1nc(Cc2ccc(F)cc2)sc1C(=O)N(C)CCCc1cc(-c2ccc(F)cc2)n[nH]1. The van der Waals surface area contributed by atoms with E-state index in [0.29, 0.717) is 23.5 Å². The Hall–Kier alpha value is -3.39. The Bertz CT molecular complexity index is 1230. The monoisotopic (exact) mass is 466 g/mol. The predicted molar refractivity (Wildman–Crippen MR) is 125 cm³/mol. The van der Waals surface area contributed by atoms with Crippen LogP contribution in [0.4, 0.5) is 8.78 Å². The number of halogens is 2. The van der Waals surface area contributed by atoms with Gasteiger partial charge in [0.1, 0.15) is 16.5 Å². The second-order valence-corrected chi connectivity index (χ2v) is 9.02. The van der Waals surface area contributed by atoms with Crippen LogP contribution in [-0.2, 0) is 12.8 Å². The molecule has 0 bridgehead atoms. The van der Waals surface area contributed by atoms with Crippen molar-refractivity contribution in [1.29, 1.82) is 0 Å². The average molecular weight is 467 g/mol. The third kappa shape index (κ3) is 5.70. The highest BCUT2D eigenvalue weighted by molar-refractivity contribution is 7.13. The molecule has 2 heterocycles. The van der Waals surface area contributed by atoms with Crippen molar-refractivity contribution < 1.29 is 13.6 Å². The van der Waals surface area contributed by atoms with Gasteiger partial charge in [-0.2, -0.15) is 5.10 Å². The van der Waals surface area contributed by atoms with E-state index < -0.39 is 0 Å². The molecule has 0 atom stereocenters. The maximum atomic E-state index is 13.1. The summed E-state index contributed by atoms with van der Waals surface area (Å²) in [5.74, 6) is -0.596. The quantitative estimate of drug-likeness (QED) is 0.377. The molecule has 0 unspecified atom stereocenters. The lowest BCUT2D eigenvalue weighted by Gasteiger charge is -2.16. The highest BCUT2D eigenvalue weighted by atomic mass is 32.1. The zero-order valence-corrected chi connectivity index (χ0v) is 19.3. The molecule has 1 N–H and O–H groups in total. The summed E-state index contributed by atoms with van der Waals surface area (Å²) in [5, 5.41) is 8.14. The highest BCUT2D eigenvalue weighted by Crippen LogP contribution is 2.23. The highest BCUT2D eigenvalue weighted by Gasteiger charge is 2.19. The third-order valence-electron chi connectivity index (χ3n) is 5.36. The van der Waals surface area contributed by atoms with Crippen LogP contribution in [0.1, 0.15) is 38.1 Å². The molecule has 0 aliphatic rings. The second kappa shape index (κ2) is 10.0. The van der Waals surface area contributed by atoms with E-state index in [1.54, 1.807) is 36.2 Å². The van der Waals surface area contributed by atoms with Crippen molar-refractivity contribution >= 4 is 17.2 Å². The zero-order chi connectivity index (χ0) is 23.4. The number of hydrogen-bond donors (Lipinski definition) is 1. The van der Waals surface area contributed by atoms with Crippen LogP contribution >= 0.6 is 11.3 Å². The first-order valence-electron chi connectivity index (χ1n) is 10.7. The maximum Gasteiger partial charge on any atom is 0.265 e. The van der Waals surface area contributed by atoms with Crippen LogP contribution in [0.15, 0.2) is 54.6 Å². The maximum absolute atomic E-state index is 13.1. The van der Waals surface area contributed by atoms with Gasteiger partial charge in [0.05, 0.1) is 16.4 Å². The lowest BCUT2D eigenvalue weighted by atomic mass is 10.1. The molecule has 5 nitrogen and oxygen atoms in total. The van der Waals surface area contributed by atoms with Gasteiger partial charge < -0.3 is 4.90 Å². The number of nitrogens with one attached hydrogen (secondary N) is 1. The molecular formula is C25H24F2N4OS. The van der Waals surface area contributed by atoms with Gasteiger partial charge in [-0.1, -0.05) is 12.1 Å². The Labute approximate surface area is 195 Å². The van der Waals surface area contributed by atoms with Gasteiger partial charge >= 0.3 is 0 Å². The fraction of sp³-hybridized carbons (Fsp3) is 0.240. The number of carbonyl (C=O) groups is 1. The van der Waals surface area contributed by atoms with Crippen molar-refractivity contribution in [3.63, 3.8) is 0 Å². The van der Waals surface area contributed by atoms with Crippen LogP contribution < -0.4 is 0 Å². The zero-order valence-electron chi connectivity index (χ0n) is 18.4. The Morgan fingerprint density at radius 1 is 1.06 bits per heavy atom. The minimum absolute atomic E-state index is 0.0491. The normalized spacial score (nSPS) is 11.0. The van der Waals surface area contributed by atoms with Crippen molar-refractivity contribution in [3.8, 4) is 11.3 Å². The van der Waals surface area contributed by atoms with Crippen LogP contribution in [0.3, 0.4) is 0 Å². The lowest BCUT2D eigenvalue weighted by Crippen LogP contribution is -2.27. The number of nitrogens with zero attached hydrogens (tertiary/aromatic N) is 3. The minimum Gasteiger partial charge on any atom is -0.341 e. The summed E-state index contributed by atoms with van der Waals surface area (Å²) in [5.41, 5.74) is 4.25. The van der Waals surface area contributed by atoms with E-state index in [1.165, 1.54) is 35.6 Å². The molecule has 0 spiro atoms. The van der Waals surface area contributed by atoms with E-state index >= 15 is 0 Å². The molecule has 33 heavy (non-hydrogen) atoms. The summed E-state index contributed by atoms with van der Waals surface area (Å²) in [6.45, 7) is 2.43. The van der Waals surface area contributed by atoms with E-state index in [2.05, 4.69) is 15.2 Å². The number of benzene rings is 2. The van der Waals surface area contributed by atoms with Crippen molar-refractivity contribution in [2.75, 3.05) is 13.6 Å².